The van der Waals surface area contributed by atoms with Crippen molar-refractivity contribution in [2.45, 2.75) is 45.4 Å². The highest BCUT2D eigenvalue weighted by Crippen LogP contribution is 2.25. The molecule has 0 aliphatic carbocycles. The molecule has 4 heterocycles. The third-order valence-corrected chi connectivity index (χ3v) is 7.85. The molecule has 4 aromatic heterocycles. The van der Waals surface area contributed by atoms with Crippen LogP contribution in [-0.4, -0.2) is 41.8 Å². The van der Waals surface area contributed by atoms with E-state index in [-0.39, 0.29) is 17.7 Å². The zero-order chi connectivity index (χ0) is 33.3. The van der Waals surface area contributed by atoms with Crippen molar-refractivity contribution >= 4 is 23.2 Å². The van der Waals surface area contributed by atoms with E-state index in [1.54, 1.807) is 36.8 Å². The maximum absolute atomic E-state index is 12.6. The first kappa shape index (κ1) is 32.0. The maximum atomic E-state index is 12.6. The second-order valence-corrected chi connectivity index (χ2v) is 11.6. The molecule has 2 amide bonds. The van der Waals surface area contributed by atoms with Gasteiger partial charge in [0.05, 0.1) is 29.5 Å². The number of pyridine rings is 2. The van der Waals surface area contributed by atoms with E-state index in [1.807, 2.05) is 55.2 Å². The number of nitrogens with one attached hydrogen (secondary N) is 2. The van der Waals surface area contributed by atoms with Gasteiger partial charge >= 0.3 is 0 Å². The number of nitrogens with zero attached hydrogens (tertiary/aromatic N) is 6. The molecule has 0 aliphatic heterocycles. The fraction of sp³-hybridized carbons (Fsp3) is 0.216. The number of benzene rings is 2. The van der Waals surface area contributed by atoms with Crippen LogP contribution in [0.2, 0.25) is 0 Å². The summed E-state index contributed by atoms with van der Waals surface area (Å²) in [7, 11) is 1.92. The number of hydrogen-bond acceptors (Lipinski definition) is 8. The van der Waals surface area contributed by atoms with Crippen LogP contribution in [0.5, 0.6) is 0 Å². The van der Waals surface area contributed by atoms with Crippen LogP contribution in [0.15, 0.2) is 102 Å². The molecule has 0 saturated heterocycles. The molecular weight excluding hydrogens is 604 g/mol. The van der Waals surface area contributed by atoms with Gasteiger partial charge in [0.2, 0.25) is 17.7 Å². The number of rotatable bonds is 13. The van der Waals surface area contributed by atoms with Crippen molar-refractivity contribution in [3.63, 3.8) is 0 Å². The van der Waals surface area contributed by atoms with Crippen LogP contribution in [0, 0.1) is 6.92 Å². The van der Waals surface area contributed by atoms with Gasteiger partial charge in [0.15, 0.2) is 0 Å². The summed E-state index contributed by atoms with van der Waals surface area (Å²) in [6.45, 7) is 2.01. The van der Waals surface area contributed by atoms with E-state index in [0.717, 1.165) is 53.6 Å². The standard InChI is InChI=1S/C37H36N8O3/c1-25-32(24-45(2)44-25)28-15-11-26(12-16-28)6-3-10-35(47)41-31-19-20-33(39-23-31)37-43-42-36(48-37)29-17-13-27(14-18-29)7-4-9-34(46)40-30-8-5-21-38-22-30/h5,8,11-24H,3-4,6-7,9-10H2,1-2H3,(H,40,46)(H,41,47). The molecule has 0 unspecified atom stereocenters. The quantitative estimate of drug-likeness (QED) is 0.140. The fourth-order valence-electron chi connectivity index (χ4n) is 5.38. The SMILES string of the molecule is Cc1nn(C)cc1-c1ccc(CCCC(=O)Nc2ccc(-c3nnc(-c4ccc(CCCC(=O)Nc5cccnc5)cc4)o3)nc2)cc1. The summed E-state index contributed by atoms with van der Waals surface area (Å²) in [6.07, 6.45) is 10.8. The molecule has 0 saturated carbocycles. The van der Waals surface area contributed by atoms with Crippen molar-refractivity contribution in [1.29, 1.82) is 0 Å². The second-order valence-electron chi connectivity index (χ2n) is 11.6. The Morgan fingerprint density at radius 3 is 1.94 bits per heavy atom. The summed E-state index contributed by atoms with van der Waals surface area (Å²) in [5, 5.41) is 18.5. The Balaban J connectivity index is 0.937. The highest BCUT2D eigenvalue weighted by molar-refractivity contribution is 5.91. The molecule has 0 radical (unpaired) electrons. The summed E-state index contributed by atoms with van der Waals surface area (Å²) >= 11 is 0. The molecule has 0 spiro atoms. The van der Waals surface area contributed by atoms with Crippen LogP contribution >= 0.6 is 0 Å². The molecule has 11 heteroatoms. The van der Waals surface area contributed by atoms with Crippen molar-refractivity contribution in [2.24, 2.45) is 7.05 Å². The molecule has 6 aromatic rings. The first-order chi connectivity index (χ1) is 23.4. The van der Waals surface area contributed by atoms with Gasteiger partial charge in [-0.15, -0.1) is 10.2 Å². The zero-order valence-corrected chi connectivity index (χ0v) is 26.9. The number of hydrogen-bond donors (Lipinski definition) is 2. The van der Waals surface area contributed by atoms with Gasteiger partial charge in [-0.3, -0.25) is 19.3 Å². The molecule has 0 aliphatic rings. The van der Waals surface area contributed by atoms with Crippen molar-refractivity contribution in [1.82, 2.24) is 29.9 Å². The third kappa shape index (κ3) is 8.43. The fourth-order valence-corrected chi connectivity index (χ4v) is 5.38. The highest BCUT2D eigenvalue weighted by Gasteiger charge is 2.13. The predicted molar refractivity (Wildman–Crippen MR) is 184 cm³/mol. The van der Waals surface area contributed by atoms with E-state index in [9.17, 15) is 9.59 Å². The van der Waals surface area contributed by atoms with E-state index in [4.69, 9.17) is 4.42 Å². The van der Waals surface area contributed by atoms with Crippen molar-refractivity contribution in [2.75, 3.05) is 10.6 Å². The Kier molecular flexibility index (Phi) is 10.0. The largest absolute Gasteiger partial charge is 0.415 e. The molecule has 0 fully saturated rings. The van der Waals surface area contributed by atoms with Gasteiger partial charge in [0.25, 0.3) is 5.89 Å². The number of amides is 2. The van der Waals surface area contributed by atoms with Crippen LogP contribution < -0.4 is 10.6 Å². The topological polar surface area (TPSA) is 141 Å². The average Bonchev–Trinajstić information content (AvgIpc) is 3.72. The molecular formula is C37H36N8O3. The highest BCUT2D eigenvalue weighted by atomic mass is 16.4. The van der Waals surface area contributed by atoms with E-state index in [1.165, 1.54) is 5.56 Å². The van der Waals surface area contributed by atoms with Gasteiger partial charge in [-0.1, -0.05) is 36.4 Å². The van der Waals surface area contributed by atoms with Gasteiger partial charge in [-0.25, -0.2) is 4.98 Å². The van der Waals surface area contributed by atoms with Gasteiger partial charge in [0.1, 0.15) is 5.69 Å². The van der Waals surface area contributed by atoms with Crippen LogP contribution in [0.25, 0.3) is 34.2 Å². The summed E-state index contributed by atoms with van der Waals surface area (Å²) < 4.78 is 7.71. The smallest absolute Gasteiger partial charge is 0.266 e. The summed E-state index contributed by atoms with van der Waals surface area (Å²) in [5.74, 6) is 0.570. The third-order valence-electron chi connectivity index (χ3n) is 7.85. The Labute approximate surface area is 278 Å². The number of carbonyl (C=O) groups is 2. The summed E-state index contributed by atoms with van der Waals surface area (Å²) in [5.41, 5.74) is 8.16. The lowest BCUT2D eigenvalue weighted by atomic mass is 10.0. The molecule has 2 N–H and O–H groups in total. The van der Waals surface area contributed by atoms with Gasteiger partial charge in [-0.2, -0.15) is 5.10 Å². The van der Waals surface area contributed by atoms with E-state index in [0.29, 0.717) is 35.8 Å². The van der Waals surface area contributed by atoms with E-state index in [2.05, 4.69) is 60.2 Å². The van der Waals surface area contributed by atoms with Crippen molar-refractivity contribution < 1.29 is 14.0 Å². The molecule has 2 aromatic carbocycles. The minimum Gasteiger partial charge on any atom is -0.415 e. The van der Waals surface area contributed by atoms with Crippen molar-refractivity contribution in [3.05, 3.63) is 114 Å². The van der Waals surface area contributed by atoms with Crippen LogP contribution in [0.4, 0.5) is 11.4 Å². The molecule has 6 rings (SSSR count). The molecule has 11 nitrogen and oxygen atoms in total. The minimum absolute atomic E-state index is 0.0347. The second kappa shape index (κ2) is 15.1. The van der Waals surface area contributed by atoms with Crippen LogP contribution in [-0.2, 0) is 29.5 Å². The molecule has 48 heavy (non-hydrogen) atoms. The van der Waals surface area contributed by atoms with Gasteiger partial charge in [-0.05, 0) is 85.7 Å². The Morgan fingerprint density at radius 2 is 1.38 bits per heavy atom. The first-order valence-corrected chi connectivity index (χ1v) is 15.9. The molecule has 0 bridgehead atoms. The van der Waals surface area contributed by atoms with Crippen LogP contribution in [0.1, 0.15) is 42.5 Å². The predicted octanol–water partition coefficient (Wildman–Crippen LogP) is 6.83. The number of carbonyl (C=O) groups excluding carboxylic acids is 2. The lowest BCUT2D eigenvalue weighted by Gasteiger charge is -2.06. The van der Waals surface area contributed by atoms with Crippen molar-refractivity contribution in [3.8, 4) is 34.2 Å². The normalized spacial score (nSPS) is 11.0. The lowest BCUT2D eigenvalue weighted by molar-refractivity contribution is -0.117. The molecule has 0 atom stereocenters. The lowest BCUT2D eigenvalue weighted by Crippen LogP contribution is -2.11. The van der Waals surface area contributed by atoms with Gasteiger partial charge in [0, 0.05) is 43.4 Å². The molecule has 242 valence electrons. The minimum atomic E-state index is -0.0660. The summed E-state index contributed by atoms with van der Waals surface area (Å²) in [6, 6.07) is 23.4. The van der Waals surface area contributed by atoms with Gasteiger partial charge < -0.3 is 15.1 Å². The zero-order valence-electron chi connectivity index (χ0n) is 26.9. The Bertz CT molecular complexity index is 1970. The summed E-state index contributed by atoms with van der Waals surface area (Å²) in [4.78, 5) is 33.2. The first-order valence-electron chi connectivity index (χ1n) is 15.9. The number of aromatic nitrogens is 6. The average molecular weight is 641 g/mol. The van der Waals surface area contributed by atoms with E-state index < -0.39 is 0 Å². The maximum Gasteiger partial charge on any atom is 0.266 e. The monoisotopic (exact) mass is 640 g/mol. The number of aryl methyl sites for hydroxylation is 4. The van der Waals surface area contributed by atoms with E-state index >= 15 is 0 Å². The number of anilines is 2. The Morgan fingerprint density at radius 1 is 0.750 bits per heavy atom. The van der Waals surface area contributed by atoms with Crippen LogP contribution in [0.3, 0.4) is 0 Å². The Hall–Kier alpha value is -5.97.